The monoisotopic (exact) mass is 468 g/mol. The Morgan fingerprint density at radius 1 is 1.06 bits per heavy atom. The van der Waals surface area contributed by atoms with Gasteiger partial charge < -0.3 is 9.47 Å². The Labute approximate surface area is 193 Å². The number of carbonyl (C=O) groups is 3. The molecule has 1 fully saturated rings. The lowest BCUT2D eigenvalue weighted by Crippen LogP contribution is -2.52. The van der Waals surface area contributed by atoms with Crippen molar-refractivity contribution in [2.24, 2.45) is 7.05 Å². The van der Waals surface area contributed by atoms with Crippen LogP contribution < -0.4 is 5.32 Å². The first-order chi connectivity index (χ1) is 15.3. The largest absolute Gasteiger partial charge is 0.333 e. The average Bonchev–Trinajstić information content (AvgIpc) is 3.28. The summed E-state index contributed by atoms with van der Waals surface area (Å²) in [5.41, 5.74) is 4.57. The number of carbonyl (C=O) groups excluding carboxylic acids is 3. The van der Waals surface area contributed by atoms with E-state index in [4.69, 9.17) is 23.2 Å². The molecular formula is C23H18Cl2N4O3. The van der Waals surface area contributed by atoms with E-state index in [1.54, 1.807) is 24.5 Å². The van der Waals surface area contributed by atoms with Crippen molar-refractivity contribution >= 4 is 40.9 Å². The van der Waals surface area contributed by atoms with Gasteiger partial charge in [0.1, 0.15) is 6.04 Å². The van der Waals surface area contributed by atoms with E-state index in [2.05, 4.69) is 10.3 Å². The van der Waals surface area contributed by atoms with Crippen LogP contribution in [0.15, 0.2) is 42.7 Å². The van der Waals surface area contributed by atoms with Crippen molar-refractivity contribution in [3.8, 4) is 22.5 Å². The quantitative estimate of drug-likeness (QED) is 0.592. The van der Waals surface area contributed by atoms with Gasteiger partial charge in [0.2, 0.25) is 11.8 Å². The predicted octanol–water partition coefficient (Wildman–Crippen LogP) is 3.82. The lowest BCUT2D eigenvalue weighted by Gasteiger charge is -2.29. The Morgan fingerprint density at radius 3 is 2.59 bits per heavy atom. The van der Waals surface area contributed by atoms with Gasteiger partial charge in [-0.15, -0.1) is 0 Å². The molecule has 5 rings (SSSR count). The highest BCUT2D eigenvalue weighted by atomic mass is 35.5. The molecule has 1 atom stereocenters. The molecule has 3 heterocycles. The van der Waals surface area contributed by atoms with Crippen LogP contribution in [0.1, 0.15) is 28.8 Å². The number of nitrogens with zero attached hydrogens (tertiary/aromatic N) is 3. The number of nitrogens with one attached hydrogen (secondary N) is 1. The molecule has 1 aromatic heterocycles. The van der Waals surface area contributed by atoms with E-state index in [1.807, 2.05) is 29.8 Å². The van der Waals surface area contributed by atoms with Crippen LogP contribution in [0.3, 0.4) is 0 Å². The van der Waals surface area contributed by atoms with Gasteiger partial charge in [-0.2, -0.15) is 0 Å². The predicted molar refractivity (Wildman–Crippen MR) is 120 cm³/mol. The first-order valence-electron chi connectivity index (χ1n) is 10.1. The van der Waals surface area contributed by atoms with Crippen LogP contribution >= 0.6 is 23.2 Å². The van der Waals surface area contributed by atoms with E-state index in [0.29, 0.717) is 28.6 Å². The van der Waals surface area contributed by atoms with Crippen molar-refractivity contribution in [2.45, 2.75) is 25.4 Å². The van der Waals surface area contributed by atoms with Crippen LogP contribution in [-0.2, 0) is 23.2 Å². The Hall–Kier alpha value is -3.16. The van der Waals surface area contributed by atoms with E-state index in [-0.39, 0.29) is 18.2 Å². The van der Waals surface area contributed by atoms with Gasteiger partial charge in [0, 0.05) is 41.7 Å². The van der Waals surface area contributed by atoms with E-state index in [9.17, 15) is 14.4 Å². The zero-order valence-electron chi connectivity index (χ0n) is 17.1. The third-order valence-corrected chi connectivity index (χ3v) is 6.47. The molecule has 0 spiro atoms. The topological polar surface area (TPSA) is 84.3 Å². The molecule has 2 aromatic carbocycles. The van der Waals surface area contributed by atoms with Crippen LogP contribution in [0.4, 0.5) is 0 Å². The van der Waals surface area contributed by atoms with Gasteiger partial charge >= 0.3 is 0 Å². The highest BCUT2D eigenvalue weighted by Gasteiger charge is 2.39. The number of amides is 3. The number of benzene rings is 2. The second-order valence-corrected chi connectivity index (χ2v) is 8.79. The minimum Gasteiger partial charge on any atom is -0.333 e. The summed E-state index contributed by atoms with van der Waals surface area (Å²) in [6.07, 6.45) is 2.27. The SMILES string of the molecule is Cn1cnc(-c2ccc3c(c2)CN(C2CCC(=O)NC2=O)C3=O)c1-c1ccc(Cl)cc1Cl. The lowest BCUT2D eigenvalue weighted by molar-refractivity contribution is -0.136. The Bertz CT molecular complexity index is 1300. The summed E-state index contributed by atoms with van der Waals surface area (Å²) < 4.78 is 1.89. The molecule has 0 bridgehead atoms. The van der Waals surface area contributed by atoms with Crippen molar-refractivity contribution < 1.29 is 14.4 Å². The second-order valence-electron chi connectivity index (χ2n) is 7.95. The molecule has 2 aliphatic rings. The van der Waals surface area contributed by atoms with Crippen LogP contribution in [-0.4, -0.2) is 38.2 Å². The first-order valence-corrected chi connectivity index (χ1v) is 10.8. The van der Waals surface area contributed by atoms with Gasteiger partial charge in [0.15, 0.2) is 0 Å². The molecule has 3 aromatic rings. The summed E-state index contributed by atoms with van der Waals surface area (Å²) in [6, 6.07) is 10.2. The number of rotatable bonds is 3. The zero-order chi connectivity index (χ0) is 22.6. The number of halogens is 2. The van der Waals surface area contributed by atoms with Crippen LogP contribution in [0.2, 0.25) is 10.0 Å². The normalized spacial score (nSPS) is 18.2. The highest BCUT2D eigenvalue weighted by molar-refractivity contribution is 6.36. The van der Waals surface area contributed by atoms with E-state index >= 15 is 0 Å². The fraction of sp³-hybridized carbons (Fsp3) is 0.217. The molecule has 32 heavy (non-hydrogen) atoms. The molecule has 0 radical (unpaired) electrons. The Morgan fingerprint density at radius 2 is 1.84 bits per heavy atom. The molecule has 1 unspecified atom stereocenters. The highest BCUT2D eigenvalue weighted by Crippen LogP contribution is 2.38. The van der Waals surface area contributed by atoms with Crippen molar-refractivity contribution in [2.75, 3.05) is 0 Å². The maximum Gasteiger partial charge on any atom is 0.255 e. The number of fused-ring (bicyclic) bond motifs is 1. The van der Waals surface area contributed by atoms with Crippen molar-refractivity contribution in [1.29, 1.82) is 0 Å². The summed E-state index contributed by atoms with van der Waals surface area (Å²) in [5, 5.41) is 3.39. The third-order valence-electron chi connectivity index (χ3n) is 5.92. The summed E-state index contributed by atoms with van der Waals surface area (Å²) in [4.78, 5) is 42.8. The van der Waals surface area contributed by atoms with Crippen LogP contribution in [0.25, 0.3) is 22.5 Å². The van der Waals surface area contributed by atoms with Gasteiger partial charge in [-0.3, -0.25) is 19.7 Å². The van der Waals surface area contributed by atoms with Crippen LogP contribution in [0, 0.1) is 0 Å². The van der Waals surface area contributed by atoms with Gasteiger partial charge in [-0.1, -0.05) is 29.3 Å². The summed E-state index contributed by atoms with van der Waals surface area (Å²) >= 11 is 12.5. The van der Waals surface area contributed by atoms with Gasteiger partial charge in [0.25, 0.3) is 5.91 Å². The average molecular weight is 469 g/mol. The summed E-state index contributed by atoms with van der Waals surface area (Å²) in [6.45, 7) is 0.304. The number of piperidine rings is 1. The molecule has 0 saturated carbocycles. The molecule has 2 aliphatic heterocycles. The number of aryl methyl sites for hydroxylation is 1. The minimum atomic E-state index is -0.644. The molecule has 0 aliphatic carbocycles. The molecule has 7 nitrogen and oxygen atoms in total. The van der Waals surface area contributed by atoms with Crippen molar-refractivity contribution in [1.82, 2.24) is 19.8 Å². The maximum atomic E-state index is 13.0. The third kappa shape index (κ3) is 3.38. The standard InChI is InChI=1S/C23H18Cl2N4O3/c1-28-11-26-20(21(28)16-5-3-14(24)9-17(16)25)12-2-4-15-13(8-12)10-29(23(15)32)18-6-7-19(30)27-22(18)31/h2-5,8-9,11,18H,6-7,10H2,1H3,(H,27,30,31). The second kappa shape index (κ2) is 7.76. The van der Waals surface area contributed by atoms with Gasteiger partial charge in [-0.25, -0.2) is 4.98 Å². The van der Waals surface area contributed by atoms with E-state index in [0.717, 1.165) is 28.1 Å². The number of imide groups is 1. The van der Waals surface area contributed by atoms with E-state index in [1.165, 1.54) is 4.90 Å². The number of hydrogen-bond donors (Lipinski definition) is 1. The van der Waals surface area contributed by atoms with Crippen molar-refractivity contribution in [3.05, 3.63) is 63.9 Å². The number of hydrogen-bond acceptors (Lipinski definition) is 4. The first kappa shape index (κ1) is 20.7. The molecule has 1 N–H and O–H groups in total. The van der Waals surface area contributed by atoms with Crippen LogP contribution in [0.5, 0.6) is 0 Å². The summed E-state index contributed by atoms with van der Waals surface area (Å²) in [7, 11) is 1.89. The molecule has 1 saturated heterocycles. The fourth-order valence-corrected chi connectivity index (χ4v) is 4.86. The zero-order valence-corrected chi connectivity index (χ0v) is 18.6. The molecular weight excluding hydrogens is 451 g/mol. The van der Waals surface area contributed by atoms with E-state index < -0.39 is 11.9 Å². The molecule has 162 valence electrons. The smallest absolute Gasteiger partial charge is 0.255 e. The minimum absolute atomic E-state index is 0.206. The molecule has 9 heteroatoms. The van der Waals surface area contributed by atoms with Crippen molar-refractivity contribution in [3.63, 3.8) is 0 Å². The number of imidazole rings is 1. The number of aromatic nitrogens is 2. The Kier molecular flexibility index (Phi) is 5.03. The van der Waals surface area contributed by atoms with Gasteiger partial charge in [0.05, 0.1) is 22.7 Å². The fourth-order valence-electron chi connectivity index (χ4n) is 4.36. The maximum absolute atomic E-state index is 13.0. The lowest BCUT2D eigenvalue weighted by atomic mass is 10.0. The molecule has 3 amide bonds. The summed E-state index contributed by atoms with van der Waals surface area (Å²) in [5.74, 6) is -0.934. The Balaban J connectivity index is 1.51. The van der Waals surface area contributed by atoms with Gasteiger partial charge in [-0.05, 0) is 42.3 Å².